The minimum Gasteiger partial charge on any atom is -0.395 e. The number of nitrogens with one attached hydrogen (secondary N) is 1. The first-order valence-corrected chi connectivity index (χ1v) is 6.18. The van der Waals surface area contributed by atoms with Crippen molar-refractivity contribution < 1.29 is 5.11 Å². The molecule has 1 rings (SSSR count). The van der Waals surface area contributed by atoms with Gasteiger partial charge in [-0.25, -0.2) is 0 Å². The van der Waals surface area contributed by atoms with Gasteiger partial charge in [-0.3, -0.25) is 0 Å². The van der Waals surface area contributed by atoms with E-state index in [0.29, 0.717) is 5.54 Å². The average molecular weight is 229 g/mol. The Morgan fingerprint density at radius 2 is 1.94 bits per heavy atom. The molecular weight excluding hydrogens is 202 g/mol. The normalized spacial score (nSPS) is 21.2. The van der Waals surface area contributed by atoms with Crippen molar-refractivity contribution in [3.05, 3.63) is 0 Å². The van der Waals surface area contributed by atoms with Gasteiger partial charge in [-0.15, -0.1) is 0 Å². The lowest BCUT2D eigenvalue weighted by atomic mass is 9.75. The fourth-order valence-corrected chi connectivity index (χ4v) is 2.52. The number of aliphatic hydroxyl groups excluding tert-OH is 1. The third kappa shape index (κ3) is 3.17. The van der Waals surface area contributed by atoms with E-state index in [0.717, 1.165) is 13.1 Å². The Hall–Kier alpha value is -0.160. The second kappa shape index (κ2) is 5.96. The molecule has 1 aliphatic carbocycles. The summed E-state index contributed by atoms with van der Waals surface area (Å²) in [7, 11) is 8.40. The number of likely N-dealkylation sites (N-methyl/N-ethyl adjacent to an activating group) is 3. The highest BCUT2D eigenvalue weighted by Gasteiger charge is 2.39. The molecule has 0 aromatic carbocycles. The minimum absolute atomic E-state index is 0.185. The van der Waals surface area contributed by atoms with Crippen LogP contribution in [-0.2, 0) is 0 Å². The van der Waals surface area contributed by atoms with E-state index in [2.05, 4.69) is 36.3 Å². The third-order valence-corrected chi connectivity index (χ3v) is 3.96. The Balaban J connectivity index is 2.40. The van der Waals surface area contributed by atoms with Crippen molar-refractivity contribution in [2.45, 2.75) is 30.8 Å². The Morgan fingerprint density at radius 1 is 1.31 bits per heavy atom. The van der Waals surface area contributed by atoms with Crippen LogP contribution in [0.1, 0.15) is 19.3 Å². The lowest BCUT2D eigenvalue weighted by Crippen LogP contribution is -2.57. The summed E-state index contributed by atoms with van der Waals surface area (Å²) in [5.74, 6) is 0. The van der Waals surface area contributed by atoms with Crippen molar-refractivity contribution in [3.8, 4) is 0 Å². The molecule has 0 spiro atoms. The summed E-state index contributed by atoms with van der Waals surface area (Å²) in [5, 5.41) is 12.3. The van der Waals surface area contributed by atoms with E-state index in [9.17, 15) is 0 Å². The van der Waals surface area contributed by atoms with Crippen LogP contribution in [0.15, 0.2) is 0 Å². The molecule has 0 amide bonds. The van der Waals surface area contributed by atoms with Crippen molar-refractivity contribution in [2.75, 3.05) is 47.9 Å². The molecular formula is C12H27N3O. The standard InChI is InChI=1S/C12H27N3O/c1-13-11(9-16)8-15(4)10-12(14(2)3)6-5-7-12/h11,13,16H,5-10H2,1-4H3. The molecule has 1 atom stereocenters. The fourth-order valence-electron chi connectivity index (χ4n) is 2.52. The number of hydrogen-bond acceptors (Lipinski definition) is 4. The molecule has 4 nitrogen and oxygen atoms in total. The summed E-state index contributed by atoms with van der Waals surface area (Å²) < 4.78 is 0. The van der Waals surface area contributed by atoms with Gasteiger partial charge in [0.2, 0.25) is 0 Å². The predicted octanol–water partition coefficient (Wildman–Crippen LogP) is -0.0172. The van der Waals surface area contributed by atoms with Gasteiger partial charge in [0.1, 0.15) is 0 Å². The Bertz CT molecular complexity index is 200. The van der Waals surface area contributed by atoms with Crippen LogP contribution in [0.25, 0.3) is 0 Å². The van der Waals surface area contributed by atoms with E-state index in [1.807, 2.05) is 7.05 Å². The molecule has 0 heterocycles. The van der Waals surface area contributed by atoms with Gasteiger partial charge in [-0.1, -0.05) is 0 Å². The van der Waals surface area contributed by atoms with E-state index < -0.39 is 0 Å². The first kappa shape index (κ1) is 13.9. The van der Waals surface area contributed by atoms with Crippen molar-refractivity contribution in [3.63, 3.8) is 0 Å². The second-order valence-electron chi connectivity index (χ2n) is 5.34. The quantitative estimate of drug-likeness (QED) is 0.644. The zero-order chi connectivity index (χ0) is 12.2. The highest BCUT2D eigenvalue weighted by Crippen LogP contribution is 2.36. The summed E-state index contributed by atoms with van der Waals surface area (Å²) in [6, 6.07) is 0.185. The van der Waals surface area contributed by atoms with Crippen LogP contribution in [0.4, 0.5) is 0 Å². The van der Waals surface area contributed by atoms with Gasteiger partial charge in [0.05, 0.1) is 6.61 Å². The number of nitrogens with zero attached hydrogens (tertiary/aromatic N) is 2. The summed E-state index contributed by atoms with van der Waals surface area (Å²) in [6.45, 7) is 2.20. The van der Waals surface area contributed by atoms with Crippen molar-refractivity contribution in [1.29, 1.82) is 0 Å². The summed E-state index contributed by atoms with van der Waals surface area (Å²) in [5.41, 5.74) is 0.377. The molecule has 0 aromatic heterocycles. The van der Waals surface area contributed by atoms with Crippen LogP contribution in [0.2, 0.25) is 0 Å². The van der Waals surface area contributed by atoms with Gasteiger partial charge in [-0.05, 0) is 47.5 Å². The molecule has 0 bridgehead atoms. The highest BCUT2D eigenvalue weighted by molar-refractivity contribution is 4.98. The topological polar surface area (TPSA) is 38.7 Å². The zero-order valence-electron chi connectivity index (χ0n) is 11.2. The van der Waals surface area contributed by atoms with Crippen LogP contribution in [0.3, 0.4) is 0 Å². The third-order valence-electron chi connectivity index (χ3n) is 3.96. The molecule has 1 unspecified atom stereocenters. The lowest BCUT2D eigenvalue weighted by Gasteiger charge is -2.49. The molecule has 2 N–H and O–H groups in total. The maximum absolute atomic E-state index is 9.15. The smallest absolute Gasteiger partial charge is 0.0597 e. The van der Waals surface area contributed by atoms with Gasteiger partial charge in [0, 0.05) is 24.7 Å². The van der Waals surface area contributed by atoms with Crippen molar-refractivity contribution >= 4 is 0 Å². The Labute approximate surface area is 99.6 Å². The maximum atomic E-state index is 9.15. The number of hydrogen-bond donors (Lipinski definition) is 2. The van der Waals surface area contributed by atoms with Gasteiger partial charge in [0.25, 0.3) is 0 Å². The first-order chi connectivity index (χ1) is 7.54. The minimum atomic E-state index is 0.185. The molecule has 96 valence electrons. The molecule has 0 saturated heterocycles. The SMILES string of the molecule is CNC(CO)CN(C)CC1(N(C)C)CCC1. The van der Waals surface area contributed by atoms with Crippen LogP contribution in [0.5, 0.6) is 0 Å². The molecule has 1 fully saturated rings. The number of rotatable bonds is 7. The van der Waals surface area contributed by atoms with Crippen LogP contribution in [0, 0.1) is 0 Å². The summed E-state index contributed by atoms with van der Waals surface area (Å²) in [4.78, 5) is 4.69. The largest absolute Gasteiger partial charge is 0.395 e. The van der Waals surface area contributed by atoms with Gasteiger partial charge < -0.3 is 20.2 Å². The fraction of sp³-hybridized carbons (Fsp3) is 1.00. The highest BCUT2D eigenvalue weighted by atomic mass is 16.3. The van der Waals surface area contributed by atoms with Crippen molar-refractivity contribution in [1.82, 2.24) is 15.1 Å². The van der Waals surface area contributed by atoms with Crippen LogP contribution >= 0.6 is 0 Å². The average Bonchev–Trinajstić information content (AvgIpc) is 2.19. The lowest BCUT2D eigenvalue weighted by molar-refractivity contribution is 0.0240. The predicted molar refractivity (Wildman–Crippen MR) is 67.7 cm³/mol. The molecule has 0 aliphatic heterocycles. The molecule has 4 heteroatoms. The molecule has 0 aromatic rings. The van der Waals surface area contributed by atoms with Gasteiger partial charge in [0.15, 0.2) is 0 Å². The summed E-state index contributed by atoms with van der Waals surface area (Å²) >= 11 is 0. The van der Waals surface area contributed by atoms with E-state index >= 15 is 0 Å². The molecule has 16 heavy (non-hydrogen) atoms. The van der Waals surface area contributed by atoms with Crippen molar-refractivity contribution in [2.24, 2.45) is 0 Å². The maximum Gasteiger partial charge on any atom is 0.0597 e. The van der Waals surface area contributed by atoms with E-state index in [1.54, 1.807) is 0 Å². The van der Waals surface area contributed by atoms with Crippen LogP contribution in [-0.4, -0.2) is 74.4 Å². The molecule has 0 radical (unpaired) electrons. The zero-order valence-corrected chi connectivity index (χ0v) is 11.2. The monoisotopic (exact) mass is 229 g/mol. The number of aliphatic hydroxyl groups is 1. The van der Waals surface area contributed by atoms with Crippen LogP contribution < -0.4 is 5.32 Å². The van der Waals surface area contributed by atoms with Gasteiger partial charge >= 0.3 is 0 Å². The van der Waals surface area contributed by atoms with E-state index in [1.165, 1.54) is 19.3 Å². The molecule has 1 aliphatic rings. The Kier molecular flexibility index (Phi) is 5.18. The Morgan fingerprint density at radius 3 is 2.25 bits per heavy atom. The second-order valence-corrected chi connectivity index (χ2v) is 5.34. The summed E-state index contributed by atoms with van der Waals surface area (Å²) in [6.07, 6.45) is 3.95. The first-order valence-electron chi connectivity index (χ1n) is 6.18. The van der Waals surface area contributed by atoms with E-state index in [-0.39, 0.29) is 12.6 Å². The molecule has 1 saturated carbocycles. The van der Waals surface area contributed by atoms with E-state index in [4.69, 9.17) is 5.11 Å². The van der Waals surface area contributed by atoms with Gasteiger partial charge in [-0.2, -0.15) is 0 Å².